The van der Waals surface area contributed by atoms with Gasteiger partial charge in [0.2, 0.25) is 0 Å². The van der Waals surface area contributed by atoms with Gasteiger partial charge >= 0.3 is 0 Å². The molecule has 1 aromatic rings. The lowest BCUT2D eigenvalue weighted by atomic mass is 10.0. The molecule has 0 aliphatic rings. The van der Waals surface area contributed by atoms with Gasteiger partial charge in [0.15, 0.2) is 0 Å². The molecule has 6 nitrogen and oxygen atoms in total. The van der Waals surface area contributed by atoms with Gasteiger partial charge in [0, 0.05) is 0 Å². The predicted octanol–water partition coefficient (Wildman–Crippen LogP) is 8.88. The Kier molecular flexibility index (Phi) is 25.7. The second kappa shape index (κ2) is 26.5. The smallest absolute Gasteiger partial charge is 0.264 e. The topological polar surface area (TPSA) is 72.8 Å². The van der Waals surface area contributed by atoms with Crippen LogP contribution in [0.3, 0.4) is 0 Å². The van der Waals surface area contributed by atoms with Crippen molar-refractivity contribution in [3.63, 3.8) is 0 Å². The Morgan fingerprint density at radius 1 is 0.659 bits per heavy atom. The summed E-state index contributed by atoms with van der Waals surface area (Å²) in [6.45, 7) is 10.9. The fourth-order valence-electron chi connectivity index (χ4n) is 4.42. The third kappa shape index (κ3) is 28.7. The van der Waals surface area contributed by atoms with Crippen molar-refractivity contribution >= 4 is 10.1 Å². The zero-order chi connectivity index (χ0) is 30.7. The fraction of sp³-hybridized carbons (Fsp3) is 0.824. The molecule has 0 atom stereocenters. The molecule has 0 amide bonds. The molecule has 0 saturated carbocycles. The van der Waals surface area contributed by atoms with Crippen molar-refractivity contribution in [1.82, 2.24) is 0 Å². The van der Waals surface area contributed by atoms with Crippen LogP contribution in [0.4, 0.5) is 0 Å². The first-order chi connectivity index (χ1) is 19.6. The van der Waals surface area contributed by atoms with Crippen LogP contribution in [0.2, 0.25) is 0 Å². The Bertz CT molecular complexity index is 796. The van der Waals surface area contributed by atoms with E-state index < -0.39 is 10.1 Å². The van der Waals surface area contributed by atoms with E-state index in [1.54, 1.807) is 0 Å². The second-order valence-corrected chi connectivity index (χ2v) is 13.6. The zero-order valence-corrected chi connectivity index (χ0v) is 28.3. The molecule has 242 valence electrons. The number of rotatable bonds is 26. The highest BCUT2D eigenvalue weighted by Crippen LogP contribution is 2.15. The summed E-state index contributed by atoms with van der Waals surface area (Å²) in [5.74, 6) is 0.865. The minimum atomic E-state index is -3.73. The maximum absolute atomic E-state index is 10.4. The SMILES string of the molecule is CCCCCCCCCCCCS(=O)(=O)O.CCCCCCCCc1ccc(OCCOCC[N+](C)(C)CC)cc1. The van der Waals surface area contributed by atoms with Crippen molar-refractivity contribution in [3.05, 3.63) is 29.8 Å². The molecule has 0 radical (unpaired) electrons. The molecule has 0 aliphatic heterocycles. The van der Waals surface area contributed by atoms with Gasteiger partial charge < -0.3 is 14.0 Å². The summed E-state index contributed by atoms with van der Waals surface area (Å²) in [6.07, 6.45) is 21.0. The monoisotopic (exact) mass is 600 g/mol. The number of unbranched alkanes of at least 4 members (excludes halogenated alkanes) is 14. The summed E-state index contributed by atoms with van der Waals surface area (Å²) in [5, 5.41) is 0. The Morgan fingerprint density at radius 2 is 1.15 bits per heavy atom. The summed E-state index contributed by atoms with van der Waals surface area (Å²) < 4.78 is 41.8. The van der Waals surface area contributed by atoms with Crippen molar-refractivity contribution in [3.8, 4) is 5.75 Å². The van der Waals surface area contributed by atoms with E-state index in [-0.39, 0.29) is 5.75 Å². The third-order valence-electron chi connectivity index (χ3n) is 7.69. The first kappa shape index (κ1) is 39.8. The van der Waals surface area contributed by atoms with Gasteiger partial charge in [-0.05, 0) is 43.9 Å². The molecule has 7 heteroatoms. The highest BCUT2D eigenvalue weighted by Gasteiger charge is 2.10. The normalized spacial score (nSPS) is 11.8. The van der Waals surface area contributed by atoms with Crippen molar-refractivity contribution < 1.29 is 26.9 Å². The molecule has 0 spiro atoms. The Labute approximate surface area is 254 Å². The molecular formula is C34H66NO5S+. The van der Waals surface area contributed by atoms with Gasteiger partial charge in [0.1, 0.15) is 18.9 Å². The molecule has 1 aromatic carbocycles. The zero-order valence-electron chi connectivity index (χ0n) is 27.5. The molecule has 41 heavy (non-hydrogen) atoms. The van der Waals surface area contributed by atoms with Crippen LogP contribution in [0, 0.1) is 0 Å². The van der Waals surface area contributed by atoms with Gasteiger partial charge in [-0.2, -0.15) is 8.42 Å². The maximum Gasteiger partial charge on any atom is 0.264 e. The van der Waals surface area contributed by atoms with Crippen LogP contribution < -0.4 is 4.74 Å². The van der Waals surface area contributed by atoms with E-state index in [0.717, 1.165) is 42.8 Å². The number of hydrogen-bond donors (Lipinski definition) is 1. The van der Waals surface area contributed by atoms with Crippen LogP contribution in [-0.4, -0.2) is 70.2 Å². The quantitative estimate of drug-likeness (QED) is 0.0653. The average Bonchev–Trinajstić information content (AvgIpc) is 2.94. The van der Waals surface area contributed by atoms with E-state index in [9.17, 15) is 8.42 Å². The number of likely N-dealkylation sites (N-methyl/N-ethyl adjacent to an activating group) is 1. The van der Waals surface area contributed by atoms with E-state index in [4.69, 9.17) is 14.0 Å². The molecule has 0 aliphatic carbocycles. The summed E-state index contributed by atoms with van der Waals surface area (Å²) in [5.41, 5.74) is 1.42. The first-order valence-electron chi connectivity index (χ1n) is 16.7. The van der Waals surface area contributed by atoms with Crippen LogP contribution in [-0.2, 0) is 21.3 Å². The molecule has 0 heterocycles. The number of ether oxygens (including phenoxy) is 2. The van der Waals surface area contributed by atoms with Gasteiger partial charge in [-0.25, -0.2) is 0 Å². The van der Waals surface area contributed by atoms with E-state index in [1.807, 2.05) is 0 Å². The van der Waals surface area contributed by atoms with Gasteiger partial charge in [-0.15, -0.1) is 0 Å². The van der Waals surface area contributed by atoms with Crippen molar-refractivity contribution in [2.45, 2.75) is 130 Å². The van der Waals surface area contributed by atoms with Crippen molar-refractivity contribution in [1.29, 1.82) is 0 Å². The number of quaternary nitrogens is 1. The van der Waals surface area contributed by atoms with Crippen LogP contribution in [0.5, 0.6) is 5.75 Å². The van der Waals surface area contributed by atoms with Gasteiger partial charge in [-0.3, -0.25) is 4.55 Å². The summed E-state index contributed by atoms with van der Waals surface area (Å²) >= 11 is 0. The van der Waals surface area contributed by atoms with Crippen LogP contribution in [0.15, 0.2) is 24.3 Å². The average molecular weight is 601 g/mol. The lowest BCUT2D eigenvalue weighted by Gasteiger charge is -2.27. The van der Waals surface area contributed by atoms with Crippen LogP contribution in [0.1, 0.15) is 129 Å². The fourth-order valence-corrected chi connectivity index (χ4v) is 4.99. The maximum atomic E-state index is 10.4. The van der Waals surface area contributed by atoms with Crippen molar-refractivity contribution in [2.24, 2.45) is 0 Å². The summed E-state index contributed by atoms with van der Waals surface area (Å²) in [6, 6.07) is 8.57. The predicted molar refractivity (Wildman–Crippen MR) is 176 cm³/mol. The Balaban J connectivity index is 0.000000865. The van der Waals surface area contributed by atoms with E-state index in [2.05, 4.69) is 59.1 Å². The molecule has 0 saturated heterocycles. The molecule has 1 N–H and O–H groups in total. The first-order valence-corrected chi connectivity index (χ1v) is 18.3. The van der Waals surface area contributed by atoms with Gasteiger partial charge in [0.05, 0.1) is 39.6 Å². The van der Waals surface area contributed by atoms with E-state index in [0.29, 0.717) is 19.6 Å². The second-order valence-electron chi connectivity index (χ2n) is 12.1. The Hall–Kier alpha value is -1.15. The third-order valence-corrected chi connectivity index (χ3v) is 8.50. The highest BCUT2D eigenvalue weighted by molar-refractivity contribution is 7.85. The lowest BCUT2D eigenvalue weighted by Crippen LogP contribution is -2.42. The van der Waals surface area contributed by atoms with E-state index in [1.165, 1.54) is 95.5 Å². The van der Waals surface area contributed by atoms with E-state index >= 15 is 0 Å². The molecule has 0 aromatic heterocycles. The van der Waals surface area contributed by atoms with Gasteiger partial charge in [0.25, 0.3) is 10.1 Å². The standard InChI is InChI=1S/C22H40NO2.C12H26O3S/c1-5-7-8-9-10-11-12-21-13-15-22(16-14-21)25-20-19-24-18-17-23(3,4)6-2;1-2-3-4-5-6-7-8-9-10-11-12-16(13,14)15/h13-16H,5-12,17-20H2,1-4H3;2-12H2,1H3,(H,13,14,15)/q+1;. The molecule has 0 unspecified atom stereocenters. The molecule has 1 rings (SSSR count). The summed E-state index contributed by atoms with van der Waals surface area (Å²) in [7, 11) is 0.726. The lowest BCUT2D eigenvalue weighted by molar-refractivity contribution is -0.888. The van der Waals surface area contributed by atoms with Crippen LogP contribution >= 0.6 is 0 Å². The summed E-state index contributed by atoms with van der Waals surface area (Å²) in [4.78, 5) is 0. The molecular weight excluding hydrogens is 534 g/mol. The minimum absolute atomic E-state index is 0.0799. The van der Waals surface area contributed by atoms with Crippen molar-refractivity contribution in [2.75, 3.05) is 52.8 Å². The Morgan fingerprint density at radius 3 is 1.63 bits per heavy atom. The minimum Gasteiger partial charge on any atom is -0.491 e. The number of benzene rings is 1. The largest absolute Gasteiger partial charge is 0.491 e. The highest BCUT2D eigenvalue weighted by atomic mass is 32.2. The van der Waals surface area contributed by atoms with Gasteiger partial charge in [-0.1, -0.05) is 116 Å². The number of nitrogens with zero attached hydrogens (tertiary/aromatic N) is 1. The molecule has 0 fully saturated rings. The molecule has 0 bridgehead atoms. The number of aryl methyl sites for hydroxylation is 1. The van der Waals surface area contributed by atoms with Crippen LogP contribution in [0.25, 0.3) is 0 Å². The number of hydrogen-bond acceptors (Lipinski definition) is 4.